The van der Waals surface area contributed by atoms with E-state index in [-0.39, 0.29) is 17.7 Å². The summed E-state index contributed by atoms with van der Waals surface area (Å²) < 4.78 is 14.7. The minimum atomic E-state index is -0.644. The number of methoxy groups -OCH3 is 1. The van der Waals surface area contributed by atoms with Crippen molar-refractivity contribution in [3.05, 3.63) is 47.7 Å². The van der Waals surface area contributed by atoms with Crippen LogP contribution < -0.4 is 10.6 Å². The maximum absolute atomic E-state index is 13.9. The van der Waals surface area contributed by atoms with Crippen LogP contribution in [0.15, 0.2) is 30.6 Å². The Kier molecular flexibility index (Phi) is 10.7. The predicted octanol–water partition coefficient (Wildman–Crippen LogP) is 4.50. The van der Waals surface area contributed by atoms with E-state index in [0.29, 0.717) is 49.7 Å². The molecule has 246 valence electrons. The molecule has 1 atom stereocenters. The molecular weight excluding hydrogens is 590 g/mol. The molecule has 0 saturated heterocycles. The monoisotopic (exact) mass is 639 g/mol. The fourth-order valence-electron chi connectivity index (χ4n) is 6.05. The van der Waals surface area contributed by atoms with Gasteiger partial charge in [-0.2, -0.15) is 10.2 Å². The van der Waals surface area contributed by atoms with Crippen molar-refractivity contribution >= 4 is 27.5 Å². The van der Waals surface area contributed by atoms with Crippen molar-refractivity contribution in [3.63, 3.8) is 0 Å². The van der Waals surface area contributed by atoms with Crippen LogP contribution in [0.2, 0.25) is 0 Å². The molecule has 11 nitrogen and oxygen atoms in total. The fourth-order valence-corrected chi connectivity index (χ4v) is 6.67. The Balaban J connectivity index is 1.29. The molecule has 3 aromatic rings. The SMILES string of the molecule is CCc1c(-c2ccc(NC(=O)C(NC(=O)c3ccnn3CCOC)C(C3CC3)C3CC3)cn2)c(C)nn1COCCS(C)(C)C. The molecule has 0 bridgehead atoms. The molecule has 2 aliphatic carbocycles. The van der Waals surface area contributed by atoms with Gasteiger partial charge < -0.3 is 20.1 Å². The van der Waals surface area contributed by atoms with E-state index in [0.717, 1.165) is 60.5 Å². The van der Waals surface area contributed by atoms with Gasteiger partial charge >= 0.3 is 0 Å². The van der Waals surface area contributed by atoms with E-state index in [1.54, 1.807) is 30.3 Å². The van der Waals surface area contributed by atoms with Gasteiger partial charge in [-0.3, -0.25) is 19.3 Å². The molecule has 0 radical (unpaired) electrons. The first-order chi connectivity index (χ1) is 21.6. The number of pyridine rings is 1. The van der Waals surface area contributed by atoms with Crippen LogP contribution in [0.4, 0.5) is 5.69 Å². The highest BCUT2D eigenvalue weighted by molar-refractivity contribution is 8.32. The van der Waals surface area contributed by atoms with E-state index in [1.165, 1.54) is 0 Å². The molecule has 2 N–H and O–H groups in total. The number of nitrogens with zero attached hydrogens (tertiary/aromatic N) is 5. The fraction of sp³-hybridized carbons (Fsp3) is 0.606. The van der Waals surface area contributed by atoms with Crippen molar-refractivity contribution in [1.29, 1.82) is 0 Å². The number of nitrogens with one attached hydrogen (secondary N) is 2. The van der Waals surface area contributed by atoms with Gasteiger partial charge in [0.15, 0.2) is 0 Å². The second-order valence-corrected chi connectivity index (χ2v) is 17.7. The van der Waals surface area contributed by atoms with Crippen LogP contribution in [-0.2, 0) is 34.0 Å². The van der Waals surface area contributed by atoms with E-state index in [9.17, 15) is 9.59 Å². The van der Waals surface area contributed by atoms with Gasteiger partial charge in [0.25, 0.3) is 5.91 Å². The van der Waals surface area contributed by atoms with E-state index >= 15 is 0 Å². The summed E-state index contributed by atoms with van der Waals surface area (Å²) in [5, 5.41) is 15.2. The molecule has 2 amide bonds. The smallest absolute Gasteiger partial charge is 0.270 e. The Morgan fingerprint density at radius 1 is 1.07 bits per heavy atom. The van der Waals surface area contributed by atoms with Crippen LogP contribution in [-0.4, -0.2) is 87.2 Å². The van der Waals surface area contributed by atoms with E-state index in [4.69, 9.17) is 19.6 Å². The van der Waals surface area contributed by atoms with E-state index in [1.807, 2.05) is 23.7 Å². The lowest BCUT2D eigenvalue weighted by atomic mass is 9.88. The quantitative estimate of drug-likeness (QED) is 0.208. The van der Waals surface area contributed by atoms with Crippen LogP contribution in [0.3, 0.4) is 0 Å². The molecule has 2 saturated carbocycles. The van der Waals surface area contributed by atoms with Crippen molar-refractivity contribution in [3.8, 4) is 11.3 Å². The van der Waals surface area contributed by atoms with Crippen molar-refractivity contribution in [2.45, 2.75) is 65.3 Å². The summed E-state index contributed by atoms with van der Waals surface area (Å²) in [5.74, 6) is 1.58. The molecule has 0 aliphatic heterocycles. The lowest BCUT2D eigenvalue weighted by Crippen LogP contribution is -2.50. The Bertz CT molecular complexity index is 1440. The number of anilines is 1. The normalized spacial score (nSPS) is 16.2. The Labute approximate surface area is 268 Å². The Hall–Kier alpha value is -3.22. The summed E-state index contributed by atoms with van der Waals surface area (Å²) >= 11 is 0. The summed E-state index contributed by atoms with van der Waals surface area (Å²) in [5.41, 5.74) is 4.78. The van der Waals surface area contributed by atoms with Crippen molar-refractivity contribution in [2.75, 3.05) is 50.2 Å². The molecule has 0 spiro atoms. The molecule has 12 heteroatoms. The molecular formula is C33H49N7O4S. The number of aryl methyl sites for hydroxylation is 1. The topological polar surface area (TPSA) is 125 Å². The standard InChI is InChI=1S/C33H49N7O4S/c1-7-27-29(22(2)38-40(27)21-44-18-19-45(4,5)6)26-13-12-25(20-34-26)36-33(42)31(30(23-8-9-23)24-10-11-24)37-32(41)28-14-15-35-39(28)16-17-43-3/h12-15,20,23-24,30-31H,7-11,16-19,21H2,1-6H3,(H,36,42)(H,37,41). The zero-order valence-electron chi connectivity index (χ0n) is 27.5. The molecule has 5 rings (SSSR count). The Morgan fingerprint density at radius 2 is 1.80 bits per heavy atom. The minimum Gasteiger partial charge on any atom is -0.383 e. The summed E-state index contributed by atoms with van der Waals surface area (Å²) in [7, 11) is 1.00. The van der Waals surface area contributed by atoms with Gasteiger partial charge in [0.1, 0.15) is 18.5 Å². The van der Waals surface area contributed by atoms with Gasteiger partial charge in [-0.1, -0.05) is 6.92 Å². The third kappa shape index (κ3) is 8.53. The first-order valence-electron chi connectivity index (χ1n) is 16.0. The lowest BCUT2D eigenvalue weighted by Gasteiger charge is -2.27. The van der Waals surface area contributed by atoms with Crippen LogP contribution >= 0.6 is 10.0 Å². The maximum atomic E-state index is 13.9. The van der Waals surface area contributed by atoms with Gasteiger partial charge in [-0.15, -0.1) is 0 Å². The van der Waals surface area contributed by atoms with Gasteiger partial charge in [-0.25, -0.2) is 14.7 Å². The summed E-state index contributed by atoms with van der Waals surface area (Å²) in [6.07, 6.45) is 15.3. The number of aromatic nitrogens is 5. The third-order valence-corrected chi connectivity index (χ3v) is 10.0. The molecule has 45 heavy (non-hydrogen) atoms. The highest BCUT2D eigenvalue weighted by Gasteiger charge is 2.48. The number of rotatable bonds is 17. The number of hydrogen-bond acceptors (Lipinski definition) is 7. The summed E-state index contributed by atoms with van der Waals surface area (Å²) in [6.45, 7) is 6.12. The molecule has 2 aliphatic rings. The van der Waals surface area contributed by atoms with Crippen LogP contribution in [0.25, 0.3) is 11.3 Å². The van der Waals surface area contributed by atoms with Crippen molar-refractivity contribution < 1.29 is 19.1 Å². The number of carbonyl (C=O) groups excluding carboxylic acids is 2. The second kappa shape index (κ2) is 14.5. The van der Waals surface area contributed by atoms with Gasteiger partial charge in [0, 0.05) is 24.6 Å². The van der Waals surface area contributed by atoms with E-state index in [2.05, 4.69) is 41.4 Å². The maximum Gasteiger partial charge on any atom is 0.270 e. The molecule has 0 aromatic carbocycles. The number of amides is 2. The number of carbonyl (C=O) groups is 2. The van der Waals surface area contributed by atoms with Gasteiger partial charge in [-0.05, 0) is 93.7 Å². The van der Waals surface area contributed by atoms with Crippen LogP contribution in [0, 0.1) is 24.7 Å². The van der Waals surface area contributed by atoms with Crippen LogP contribution in [0.5, 0.6) is 0 Å². The zero-order valence-corrected chi connectivity index (χ0v) is 28.4. The largest absolute Gasteiger partial charge is 0.383 e. The van der Waals surface area contributed by atoms with Crippen molar-refractivity contribution in [2.24, 2.45) is 17.8 Å². The first kappa shape index (κ1) is 33.2. The predicted molar refractivity (Wildman–Crippen MR) is 179 cm³/mol. The van der Waals surface area contributed by atoms with Crippen molar-refractivity contribution in [1.82, 2.24) is 29.9 Å². The molecule has 1 unspecified atom stereocenters. The average Bonchev–Trinajstić information content (AvgIpc) is 3.94. The molecule has 3 heterocycles. The Morgan fingerprint density at radius 3 is 2.40 bits per heavy atom. The zero-order chi connectivity index (χ0) is 32.1. The highest BCUT2D eigenvalue weighted by atomic mass is 32.3. The number of ether oxygens (including phenoxy) is 2. The third-order valence-electron chi connectivity index (χ3n) is 8.65. The summed E-state index contributed by atoms with van der Waals surface area (Å²) in [6, 6.07) is 4.84. The molecule has 2 fully saturated rings. The van der Waals surface area contributed by atoms with E-state index < -0.39 is 16.1 Å². The minimum absolute atomic E-state index is 0.115. The average molecular weight is 640 g/mol. The number of hydrogen-bond donors (Lipinski definition) is 2. The lowest BCUT2D eigenvalue weighted by molar-refractivity contribution is -0.119. The summed E-state index contributed by atoms with van der Waals surface area (Å²) in [4.78, 5) is 32.0. The highest BCUT2D eigenvalue weighted by Crippen LogP contribution is 2.51. The molecule has 3 aromatic heterocycles. The van der Waals surface area contributed by atoms with Crippen LogP contribution in [0.1, 0.15) is 54.5 Å². The van der Waals surface area contributed by atoms with Gasteiger partial charge in [0.2, 0.25) is 5.91 Å². The van der Waals surface area contributed by atoms with Gasteiger partial charge in [0.05, 0.1) is 48.7 Å². The second-order valence-electron chi connectivity index (χ2n) is 13.1. The first-order valence-corrected chi connectivity index (χ1v) is 19.0.